The van der Waals surface area contributed by atoms with Gasteiger partial charge in [-0.25, -0.2) is 4.79 Å². The third kappa shape index (κ3) is 30.8. The van der Waals surface area contributed by atoms with Crippen LogP contribution in [0.3, 0.4) is 0 Å². The van der Waals surface area contributed by atoms with Crippen molar-refractivity contribution in [2.75, 3.05) is 41.0 Å². The summed E-state index contributed by atoms with van der Waals surface area (Å²) < 4.78 is 17.1. The Morgan fingerprint density at radius 1 is 0.640 bits per heavy atom. The first-order valence-corrected chi connectivity index (χ1v) is 19.0. The van der Waals surface area contributed by atoms with E-state index in [4.69, 9.17) is 14.2 Å². The molecule has 0 aliphatic carbocycles. The van der Waals surface area contributed by atoms with Crippen LogP contribution in [0.4, 0.5) is 0 Å². The van der Waals surface area contributed by atoms with Gasteiger partial charge in [0.05, 0.1) is 34.4 Å². The van der Waals surface area contributed by atoms with Gasteiger partial charge in [-0.3, -0.25) is 9.59 Å². The van der Waals surface area contributed by atoms with Crippen molar-refractivity contribution in [1.82, 2.24) is 0 Å². The molecule has 8 nitrogen and oxygen atoms in total. The van der Waals surface area contributed by atoms with Gasteiger partial charge in [0.1, 0.15) is 6.61 Å². The van der Waals surface area contributed by atoms with Gasteiger partial charge in [-0.2, -0.15) is 0 Å². The van der Waals surface area contributed by atoms with Crippen LogP contribution in [0.2, 0.25) is 0 Å². The van der Waals surface area contributed by atoms with Crippen LogP contribution in [0, 0.1) is 0 Å². The van der Waals surface area contributed by atoms with E-state index in [1.54, 1.807) is 0 Å². The van der Waals surface area contributed by atoms with E-state index in [1.165, 1.54) is 38.5 Å². The number of esters is 2. The van der Waals surface area contributed by atoms with E-state index in [0.29, 0.717) is 19.3 Å². The smallest absolute Gasteiger partial charge is 0.362 e. The van der Waals surface area contributed by atoms with Crippen molar-refractivity contribution in [3.63, 3.8) is 0 Å². The topological polar surface area (TPSA) is 99.1 Å². The average molecular weight is 701 g/mol. The maximum absolute atomic E-state index is 12.6. The molecule has 0 saturated carbocycles. The highest BCUT2D eigenvalue weighted by Crippen LogP contribution is 2.11. The molecule has 0 heterocycles. The quantitative estimate of drug-likeness (QED) is 0.0245. The lowest BCUT2D eigenvalue weighted by molar-refractivity contribution is -0.887. The lowest BCUT2D eigenvalue weighted by Crippen LogP contribution is -2.50. The Morgan fingerprint density at radius 2 is 1.24 bits per heavy atom. The molecule has 0 fully saturated rings. The number of aliphatic carboxylic acids is 1. The number of hydrogen-bond acceptors (Lipinski definition) is 6. The molecule has 0 aliphatic rings. The summed E-state index contributed by atoms with van der Waals surface area (Å²) in [5.74, 6) is -1.62. The number of quaternary nitrogens is 1. The van der Waals surface area contributed by atoms with Crippen LogP contribution in [-0.2, 0) is 28.6 Å². The average Bonchev–Trinajstić information content (AvgIpc) is 3.06. The van der Waals surface area contributed by atoms with Gasteiger partial charge in [-0.15, -0.1) is 0 Å². The van der Waals surface area contributed by atoms with E-state index in [0.717, 1.165) is 44.9 Å². The van der Waals surface area contributed by atoms with Crippen molar-refractivity contribution in [1.29, 1.82) is 0 Å². The highest BCUT2D eigenvalue weighted by atomic mass is 16.6. The molecule has 0 aromatic rings. The molecule has 2 atom stereocenters. The van der Waals surface area contributed by atoms with Gasteiger partial charge >= 0.3 is 17.9 Å². The van der Waals surface area contributed by atoms with Crippen LogP contribution >= 0.6 is 0 Å². The Bertz CT molecular complexity index is 1050. The highest BCUT2D eigenvalue weighted by molar-refractivity contribution is 5.72. The molecule has 0 rings (SSSR count). The third-order valence-corrected chi connectivity index (χ3v) is 7.95. The Balaban J connectivity index is 4.60. The number of nitrogens with zero attached hydrogens (tertiary/aromatic N) is 1. The van der Waals surface area contributed by atoms with Gasteiger partial charge in [0, 0.05) is 19.3 Å². The molecule has 2 unspecified atom stereocenters. The molecule has 0 saturated heterocycles. The molecular weight excluding hydrogens is 630 g/mol. The normalized spacial score (nSPS) is 13.9. The number of rotatable bonds is 32. The zero-order chi connectivity index (χ0) is 37.1. The lowest BCUT2D eigenvalue weighted by atomic mass is 10.1. The Labute approximate surface area is 304 Å². The lowest BCUT2D eigenvalue weighted by Gasteiger charge is -2.31. The van der Waals surface area contributed by atoms with Crippen LogP contribution in [-0.4, -0.2) is 80.6 Å². The van der Waals surface area contributed by atoms with Crippen molar-refractivity contribution in [3.05, 3.63) is 72.9 Å². The molecule has 1 N–H and O–H groups in total. The van der Waals surface area contributed by atoms with Crippen molar-refractivity contribution < 1.29 is 38.2 Å². The Morgan fingerprint density at radius 3 is 1.90 bits per heavy atom. The van der Waals surface area contributed by atoms with Gasteiger partial charge in [0.15, 0.2) is 12.1 Å². The summed E-state index contributed by atoms with van der Waals surface area (Å²) in [6.45, 7) is 4.44. The van der Waals surface area contributed by atoms with E-state index >= 15 is 0 Å². The van der Waals surface area contributed by atoms with Crippen LogP contribution in [0.15, 0.2) is 72.9 Å². The second kappa shape index (κ2) is 32.9. The summed E-state index contributed by atoms with van der Waals surface area (Å²) in [5, 5.41) is 9.58. The van der Waals surface area contributed by atoms with Crippen molar-refractivity contribution >= 4 is 17.9 Å². The van der Waals surface area contributed by atoms with E-state index in [2.05, 4.69) is 44.2 Å². The fraction of sp³-hybridized carbons (Fsp3) is 0.643. The SMILES string of the molecule is CC/C=C/C=C/C=C/C=C/CCCCCC(=O)OCC(COCCC(C(=O)O)[N+](C)(C)C)OC(=O)CC/C=C/C/C=C/CCCCCCCC. The first-order chi connectivity index (χ1) is 24.1. The zero-order valence-electron chi connectivity index (χ0n) is 32.1. The van der Waals surface area contributed by atoms with Gasteiger partial charge in [-0.05, 0) is 51.4 Å². The monoisotopic (exact) mass is 701 g/mol. The van der Waals surface area contributed by atoms with Crippen molar-refractivity contribution in [3.8, 4) is 0 Å². The molecule has 50 heavy (non-hydrogen) atoms. The van der Waals surface area contributed by atoms with E-state index in [1.807, 2.05) is 63.7 Å². The van der Waals surface area contributed by atoms with Crippen molar-refractivity contribution in [2.45, 2.75) is 135 Å². The number of carbonyl (C=O) groups is 3. The second-order valence-electron chi connectivity index (χ2n) is 13.5. The number of unbranched alkanes of at least 4 members (excludes halogenated alkanes) is 9. The van der Waals surface area contributed by atoms with E-state index in [-0.39, 0.29) is 42.7 Å². The summed E-state index contributed by atoms with van der Waals surface area (Å²) in [6.07, 6.45) is 39.6. The number of allylic oxidation sites excluding steroid dienone is 12. The molecule has 0 spiro atoms. The first kappa shape index (κ1) is 46.8. The van der Waals surface area contributed by atoms with Crippen LogP contribution < -0.4 is 0 Å². The second-order valence-corrected chi connectivity index (χ2v) is 13.5. The minimum absolute atomic E-state index is 0.0216. The predicted octanol–water partition coefficient (Wildman–Crippen LogP) is 9.63. The number of carbonyl (C=O) groups excluding carboxylic acids is 2. The van der Waals surface area contributed by atoms with E-state index in [9.17, 15) is 19.5 Å². The van der Waals surface area contributed by atoms with Gasteiger partial charge in [0.25, 0.3) is 0 Å². The van der Waals surface area contributed by atoms with Gasteiger partial charge in [0.2, 0.25) is 0 Å². The largest absolute Gasteiger partial charge is 0.477 e. The molecule has 0 bridgehead atoms. The van der Waals surface area contributed by atoms with Crippen LogP contribution in [0.5, 0.6) is 0 Å². The maximum atomic E-state index is 12.6. The van der Waals surface area contributed by atoms with Gasteiger partial charge < -0.3 is 23.8 Å². The third-order valence-electron chi connectivity index (χ3n) is 7.95. The minimum Gasteiger partial charge on any atom is -0.477 e. The molecule has 0 aliphatic heterocycles. The standard InChI is InChI=1S/C42H69NO7/c1-6-8-10-12-14-16-18-20-22-24-26-28-30-32-40(44)49-37-38(36-48-35-34-39(42(46)47)43(3,4)5)50-41(45)33-31-29-27-25-23-21-19-17-15-13-11-9-7-2/h8,10,12,14,16,18,20-23,27,29,38-39H,6-7,9,11,13,15,17,19,24-26,28,30-37H2,1-5H3/p+1/b10-8+,14-12+,18-16+,22-20+,23-21+,29-27+. The van der Waals surface area contributed by atoms with Crippen molar-refractivity contribution in [2.24, 2.45) is 0 Å². The van der Waals surface area contributed by atoms with Crippen LogP contribution in [0.25, 0.3) is 0 Å². The molecular formula is C42H70NO7+. The number of carboxylic acid groups (broad SMARTS) is 1. The summed E-state index contributed by atoms with van der Waals surface area (Å²) in [5.41, 5.74) is 0. The predicted molar refractivity (Wildman–Crippen MR) is 206 cm³/mol. The Hall–Kier alpha value is -3.23. The zero-order valence-corrected chi connectivity index (χ0v) is 32.1. The fourth-order valence-corrected chi connectivity index (χ4v) is 4.98. The molecule has 0 aromatic carbocycles. The van der Waals surface area contributed by atoms with E-state index < -0.39 is 18.1 Å². The number of hydrogen-bond donors (Lipinski definition) is 1. The Kier molecular flexibility index (Phi) is 30.8. The van der Waals surface area contributed by atoms with Gasteiger partial charge in [-0.1, -0.05) is 125 Å². The first-order valence-electron chi connectivity index (χ1n) is 19.0. The molecule has 0 radical (unpaired) electrons. The molecule has 284 valence electrons. The number of carboxylic acids is 1. The summed E-state index contributed by atoms with van der Waals surface area (Å²) in [4.78, 5) is 36.7. The molecule has 0 amide bonds. The van der Waals surface area contributed by atoms with Crippen LogP contribution in [0.1, 0.15) is 123 Å². The minimum atomic E-state index is -0.893. The number of ether oxygens (including phenoxy) is 3. The summed E-state index contributed by atoms with van der Waals surface area (Å²) in [6, 6.07) is -0.631. The molecule has 0 aromatic heterocycles. The number of likely N-dealkylation sites (N-methyl/N-ethyl adjacent to an activating group) is 1. The summed E-state index contributed by atoms with van der Waals surface area (Å²) in [7, 11) is 5.47. The fourth-order valence-electron chi connectivity index (χ4n) is 4.98. The molecule has 8 heteroatoms. The summed E-state index contributed by atoms with van der Waals surface area (Å²) >= 11 is 0. The highest BCUT2D eigenvalue weighted by Gasteiger charge is 2.31. The maximum Gasteiger partial charge on any atom is 0.362 e.